The molecule has 2 amide bonds. The van der Waals surface area contributed by atoms with E-state index in [1.54, 1.807) is 0 Å². The number of ether oxygens (including phenoxy) is 2. The molecule has 0 aromatic heterocycles. The lowest BCUT2D eigenvalue weighted by Crippen LogP contribution is -2.46. The Morgan fingerprint density at radius 1 is 1.07 bits per heavy atom. The van der Waals surface area contributed by atoms with Crippen molar-refractivity contribution < 1.29 is 29.0 Å². The molecule has 3 aliphatic rings. The van der Waals surface area contributed by atoms with Crippen LogP contribution in [0, 0.1) is 11.3 Å². The number of rotatable bonds is 15. The highest BCUT2D eigenvalue weighted by molar-refractivity contribution is 5.84. The normalized spacial score (nSPS) is 23.2. The topological polar surface area (TPSA) is 103 Å². The van der Waals surface area contributed by atoms with Crippen molar-refractivity contribution in [3.8, 4) is 11.5 Å². The van der Waals surface area contributed by atoms with Gasteiger partial charge in [-0.2, -0.15) is 0 Å². The van der Waals surface area contributed by atoms with E-state index in [2.05, 4.69) is 30.8 Å². The molecular formula is C32H50N4O6. The van der Waals surface area contributed by atoms with Crippen molar-refractivity contribution in [1.82, 2.24) is 19.6 Å². The lowest BCUT2D eigenvalue weighted by Gasteiger charge is -2.31. The molecule has 3 aliphatic heterocycles. The number of hydrogen-bond donors (Lipinski definition) is 1. The molecule has 0 bridgehead atoms. The van der Waals surface area contributed by atoms with E-state index in [9.17, 15) is 19.5 Å². The van der Waals surface area contributed by atoms with Crippen LogP contribution in [0.4, 0.5) is 0 Å². The zero-order chi connectivity index (χ0) is 30.4. The fourth-order valence-electron chi connectivity index (χ4n) is 6.60. The molecule has 0 saturated carbocycles. The Kier molecular flexibility index (Phi) is 10.8. The SMILES string of the molecule is CCCCN(CCCCN(C)C)C(=O)CN1C[C@H](c2ccc3c(c2)OCO3)C(C(=O)O)[C@@H]1CCN1CCC(C)(C)C1=O. The Morgan fingerprint density at radius 2 is 1.79 bits per heavy atom. The van der Waals surface area contributed by atoms with Crippen LogP contribution >= 0.6 is 0 Å². The third-order valence-corrected chi connectivity index (χ3v) is 9.18. The van der Waals surface area contributed by atoms with Gasteiger partial charge in [-0.15, -0.1) is 0 Å². The molecule has 42 heavy (non-hydrogen) atoms. The van der Waals surface area contributed by atoms with Gasteiger partial charge in [0, 0.05) is 50.1 Å². The fourth-order valence-corrected chi connectivity index (χ4v) is 6.60. The van der Waals surface area contributed by atoms with Crippen LogP contribution in [-0.4, -0.2) is 115 Å². The minimum absolute atomic E-state index is 0.0483. The molecule has 1 unspecified atom stereocenters. The minimum atomic E-state index is -0.878. The van der Waals surface area contributed by atoms with E-state index < -0.39 is 11.9 Å². The average Bonchev–Trinajstić information content (AvgIpc) is 3.62. The predicted molar refractivity (Wildman–Crippen MR) is 161 cm³/mol. The monoisotopic (exact) mass is 586 g/mol. The van der Waals surface area contributed by atoms with Gasteiger partial charge < -0.3 is 29.3 Å². The van der Waals surface area contributed by atoms with Crippen LogP contribution in [0.25, 0.3) is 0 Å². The van der Waals surface area contributed by atoms with Gasteiger partial charge in [0.15, 0.2) is 11.5 Å². The van der Waals surface area contributed by atoms with Crippen LogP contribution in [0.5, 0.6) is 11.5 Å². The van der Waals surface area contributed by atoms with E-state index >= 15 is 0 Å². The van der Waals surface area contributed by atoms with Crippen LogP contribution < -0.4 is 9.47 Å². The maximum Gasteiger partial charge on any atom is 0.308 e. The standard InChI is InChI=1S/C32H50N4O6/c1-6-7-15-34(16-9-8-14-33(4)5)28(37)21-36-20-24(23-10-11-26-27(19-23)42-22-41-26)29(30(38)39)25(36)12-17-35-18-13-32(2,3)31(35)40/h10-11,19,24-25,29H,6-9,12-18,20-22H2,1-5H3,(H,38,39)/t24-,25+,29?/m1/s1. The molecule has 234 valence electrons. The number of unbranched alkanes of at least 4 members (excludes halogenated alkanes) is 2. The summed E-state index contributed by atoms with van der Waals surface area (Å²) >= 11 is 0. The van der Waals surface area contributed by atoms with E-state index in [-0.39, 0.29) is 42.5 Å². The molecule has 0 radical (unpaired) electrons. The second-order valence-corrected chi connectivity index (χ2v) is 13.0. The number of aliphatic carboxylic acids is 1. The zero-order valence-corrected chi connectivity index (χ0v) is 26.1. The average molecular weight is 587 g/mol. The molecule has 2 fully saturated rings. The highest BCUT2D eigenvalue weighted by Crippen LogP contribution is 2.43. The van der Waals surface area contributed by atoms with Crippen molar-refractivity contribution in [2.45, 2.75) is 71.3 Å². The van der Waals surface area contributed by atoms with Crippen molar-refractivity contribution in [2.75, 3.05) is 66.7 Å². The van der Waals surface area contributed by atoms with E-state index in [0.717, 1.165) is 44.2 Å². The Hall–Kier alpha value is -2.85. The summed E-state index contributed by atoms with van der Waals surface area (Å²) in [7, 11) is 4.11. The zero-order valence-electron chi connectivity index (χ0n) is 26.1. The summed E-state index contributed by atoms with van der Waals surface area (Å²) in [5.41, 5.74) is 0.482. The van der Waals surface area contributed by atoms with Crippen LogP contribution in [0.2, 0.25) is 0 Å². The number of carboxylic acids is 1. The summed E-state index contributed by atoms with van der Waals surface area (Å²) in [6, 6.07) is 5.27. The van der Waals surface area contributed by atoms with Crippen LogP contribution in [-0.2, 0) is 14.4 Å². The van der Waals surface area contributed by atoms with Gasteiger partial charge in [0.2, 0.25) is 18.6 Å². The molecule has 3 heterocycles. The van der Waals surface area contributed by atoms with E-state index in [1.807, 2.05) is 41.8 Å². The third kappa shape index (κ3) is 7.56. The molecule has 10 heteroatoms. The van der Waals surface area contributed by atoms with Crippen molar-refractivity contribution in [3.05, 3.63) is 23.8 Å². The summed E-state index contributed by atoms with van der Waals surface area (Å²) in [5, 5.41) is 10.5. The minimum Gasteiger partial charge on any atom is -0.481 e. The van der Waals surface area contributed by atoms with Crippen molar-refractivity contribution in [1.29, 1.82) is 0 Å². The fraction of sp³-hybridized carbons (Fsp3) is 0.719. The maximum atomic E-state index is 13.8. The number of likely N-dealkylation sites (tertiary alicyclic amines) is 2. The molecule has 0 spiro atoms. The number of hydrogen-bond acceptors (Lipinski definition) is 7. The molecule has 3 atom stereocenters. The number of nitrogens with zero attached hydrogens (tertiary/aromatic N) is 4. The van der Waals surface area contributed by atoms with Gasteiger partial charge in [-0.25, -0.2) is 0 Å². The Balaban J connectivity index is 1.54. The summed E-state index contributed by atoms with van der Waals surface area (Å²) in [6.07, 6.45) is 5.19. The quantitative estimate of drug-likeness (QED) is 0.312. The van der Waals surface area contributed by atoms with Crippen molar-refractivity contribution >= 4 is 17.8 Å². The number of carbonyl (C=O) groups is 3. The molecule has 4 rings (SSSR count). The first-order valence-electron chi connectivity index (χ1n) is 15.6. The highest BCUT2D eigenvalue weighted by atomic mass is 16.7. The van der Waals surface area contributed by atoms with Gasteiger partial charge in [-0.1, -0.05) is 33.3 Å². The summed E-state index contributed by atoms with van der Waals surface area (Å²) < 4.78 is 11.1. The molecule has 1 N–H and O–H groups in total. The number of carbonyl (C=O) groups excluding carboxylic acids is 2. The van der Waals surface area contributed by atoms with Gasteiger partial charge in [0.25, 0.3) is 0 Å². The number of fused-ring (bicyclic) bond motifs is 1. The Morgan fingerprint density at radius 3 is 2.45 bits per heavy atom. The predicted octanol–water partition coefficient (Wildman–Crippen LogP) is 3.50. The molecular weight excluding hydrogens is 536 g/mol. The van der Waals surface area contributed by atoms with Crippen LogP contribution in [0.15, 0.2) is 18.2 Å². The van der Waals surface area contributed by atoms with E-state index in [4.69, 9.17) is 9.47 Å². The van der Waals surface area contributed by atoms with Gasteiger partial charge >= 0.3 is 5.97 Å². The van der Waals surface area contributed by atoms with Gasteiger partial charge in [-0.3, -0.25) is 19.3 Å². The summed E-state index contributed by atoms with van der Waals surface area (Å²) in [6.45, 7) is 10.4. The second-order valence-electron chi connectivity index (χ2n) is 13.0. The first-order chi connectivity index (χ1) is 20.0. The first kappa shape index (κ1) is 32.1. The van der Waals surface area contributed by atoms with Crippen molar-refractivity contribution in [2.24, 2.45) is 11.3 Å². The molecule has 1 aromatic rings. The smallest absolute Gasteiger partial charge is 0.308 e. The largest absolute Gasteiger partial charge is 0.481 e. The Labute approximate surface area is 250 Å². The van der Waals surface area contributed by atoms with Crippen LogP contribution in [0.1, 0.15) is 70.8 Å². The summed E-state index contributed by atoms with van der Waals surface area (Å²) in [5.74, 6) is -0.466. The number of carboxylic acid groups (broad SMARTS) is 1. The highest BCUT2D eigenvalue weighted by Gasteiger charge is 2.48. The first-order valence-corrected chi connectivity index (χ1v) is 15.6. The molecule has 0 aliphatic carbocycles. The maximum absolute atomic E-state index is 13.8. The second kappa shape index (κ2) is 14.1. The van der Waals surface area contributed by atoms with Gasteiger partial charge in [0.1, 0.15) is 0 Å². The molecule has 10 nitrogen and oxygen atoms in total. The summed E-state index contributed by atoms with van der Waals surface area (Å²) in [4.78, 5) is 47.7. The third-order valence-electron chi connectivity index (χ3n) is 9.18. The molecule has 2 saturated heterocycles. The van der Waals surface area contributed by atoms with Crippen LogP contribution in [0.3, 0.4) is 0 Å². The van der Waals surface area contributed by atoms with Gasteiger partial charge in [0.05, 0.1) is 12.5 Å². The van der Waals surface area contributed by atoms with Gasteiger partial charge in [-0.05, 0) is 70.4 Å². The van der Waals surface area contributed by atoms with Crippen molar-refractivity contribution in [3.63, 3.8) is 0 Å². The Bertz CT molecular complexity index is 1110. The van der Waals surface area contributed by atoms with E-state index in [1.165, 1.54) is 0 Å². The number of benzene rings is 1. The lowest BCUT2D eigenvalue weighted by atomic mass is 9.84. The molecule has 1 aromatic carbocycles. The number of amides is 2. The van der Waals surface area contributed by atoms with E-state index in [0.29, 0.717) is 50.6 Å². The lowest BCUT2D eigenvalue weighted by molar-refractivity contribution is -0.144.